The Morgan fingerprint density at radius 1 is 1.25 bits per heavy atom. The van der Waals surface area contributed by atoms with Gasteiger partial charge in [-0.1, -0.05) is 19.1 Å². The van der Waals surface area contributed by atoms with Gasteiger partial charge in [-0.2, -0.15) is 0 Å². The predicted molar refractivity (Wildman–Crippen MR) is 85.2 cm³/mol. The highest BCUT2D eigenvalue weighted by Crippen LogP contribution is 2.24. The molecule has 2 N–H and O–H groups in total. The lowest BCUT2D eigenvalue weighted by Gasteiger charge is -2.33. The van der Waals surface area contributed by atoms with Crippen molar-refractivity contribution in [2.24, 2.45) is 11.7 Å². The predicted octanol–water partition coefficient (Wildman–Crippen LogP) is 2.83. The highest BCUT2D eigenvalue weighted by Gasteiger charge is 2.19. The first kappa shape index (κ1) is 15.3. The van der Waals surface area contributed by atoms with E-state index >= 15 is 0 Å². The van der Waals surface area contributed by atoms with Crippen LogP contribution in [0.4, 0.5) is 5.69 Å². The molecule has 1 unspecified atom stereocenters. The second-order valence-electron chi connectivity index (χ2n) is 5.92. The van der Waals surface area contributed by atoms with Gasteiger partial charge in [0.2, 0.25) is 0 Å². The minimum atomic E-state index is 0.283. The van der Waals surface area contributed by atoms with Crippen LogP contribution in [0.2, 0.25) is 0 Å². The molecule has 0 spiro atoms. The second kappa shape index (κ2) is 7.65. The number of nitrogens with two attached hydrogens (primary N) is 1. The Morgan fingerprint density at radius 2 is 1.90 bits per heavy atom. The molecule has 1 aliphatic heterocycles. The summed E-state index contributed by atoms with van der Waals surface area (Å²) < 4.78 is 5.26. The Balaban J connectivity index is 1.87. The number of hydrogen-bond acceptors (Lipinski definition) is 3. The van der Waals surface area contributed by atoms with E-state index in [0.717, 1.165) is 38.5 Å². The van der Waals surface area contributed by atoms with Crippen molar-refractivity contribution >= 4 is 5.69 Å². The van der Waals surface area contributed by atoms with Crippen molar-refractivity contribution in [2.75, 3.05) is 31.7 Å². The summed E-state index contributed by atoms with van der Waals surface area (Å²) in [4.78, 5) is 2.48. The summed E-state index contributed by atoms with van der Waals surface area (Å²) in [5, 5.41) is 0. The third kappa shape index (κ3) is 4.22. The van der Waals surface area contributed by atoms with Gasteiger partial charge in [-0.05, 0) is 49.3 Å². The molecule has 0 bridgehead atoms. The second-order valence-corrected chi connectivity index (χ2v) is 5.92. The Hall–Kier alpha value is -1.06. The summed E-state index contributed by atoms with van der Waals surface area (Å²) in [5.41, 5.74) is 8.69. The van der Waals surface area contributed by atoms with Gasteiger partial charge in [-0.15, -0.1) is 0 Å². The fraction of sp³-hybridized carbons (Fsp3) is 0.647. The van der Waals surface area contributed by atoms with Crippen LogP contribution in [-0.4, -0.2) is 32.8 Å². The molecule has 0 amide bonds. The van der Waals surface area contributed by atoms with Crippen molar-refractivity contribution in [1.29, 1.82) is 0 Å². The fourth-order valence-electron chi connectivity index (χ4n) is 2.88. The van der Waals surface area contributed by atoms with E-state index in [4.69, 9.17) is 10.5 Å². The summed E-state index contributed by atoms with van der Waals surface area (Å²) in [6, 6.07) is 9.23. The van der Waals surface area contributed by atoms with Crippen LogP contribution in [0, 0.1) is 5.92 Å². The molecule has 0 aliphatic carbocycles. The van der Waals surface area contributed by atoms with Crippen LogP contribution in [0.3, 0.4) is 0 Å². The first-order valence-electron chi connectivity index (χ1n) is 7.81. The van der Waals surface area contributed by atoms with Crippen molar-refractivity contribution in [3.8, 4) is 0 Å². The van der Waals surface area contributed by atoms with Gasteiger partial charge in [0.15, 0.2) is 0 Å². The first-order valence-corrected chi connectivity index (χ1v) is 7.81. The molecule has 2 rings (SSSR count). The van der Waals surface area contributed by atoms with Gasteiger partial charge in [0, 0.05) is 38.5 Å². The third-order valence-corrected chi connectivity index (χ3v) is 4.34. The average molecular weight is 276 g/mol. The molecule has 1 saturated heterocycles. The maximum atomic E-state index is 6.01. The highest BCUT2D eigenvalue weighted by atomic mass is 16.5. The largest absolute Gasteiger partial charge is 0.384 e. The minimum Gasteiger partial charge on any atom is -0.384 e. The van der Waals surface area contributed by atoms with Crippen molar-refractivity contribution in [1.82, 2.24) is 0 Å². The number of nitrogens with zero attached hydrogens (tertiary/aromatic N) is 1. The van der Waals surface area contributed by atoms with Gasteiger partial charge >= 0.3 is 0 Å². The highest BCUT2D eigenvalue weighted by molar-refractivity contribution is 5.48. The van der Waals surface area contributed by atoms with Crippen LogP contribution in [0.5, 0.6) is 0 Å². The van der Waals surface area contributed by atoms with Crippen molar-refractivity contribution in [3.63, 3.8) is 0 Å². The molecule has 1 aromatic carbocycles. The van der Waals surface area contributed by atoms with E-state index in [-0.39, 0.29) is 6.04 Å². The molecule has 3 heteroatoms. The molecule has 0 aromatic heterocycles. The van der Waals surface area contributed by atoms with E-state index in [0.29, 0.717) is 0 Å². The monoisotopic (exact) mass is 276 g/mol. The molecule has 1 fully saturated rings. The van der Waals surface area contributed by atoms with Gasteiger partial charge < -0.3 is 15.4 Å². The number of piperidine rings is 1. The lowest BCUT2D eigenvalue weighted by Crippen LogP contribution is -2.34. The zero-order valence-electron chi connectivity index (χ0n) is 12.8. The molecular weight excluding hydrogens is 248 g/mol. The van der Waals surface area contributed by atoms with Gasteiger partial charge in [-0.3, -0.25) is 0 Å². The number of methoxy groups -OCH3 is 1. The van der Waals surface area contributed by atoms with Crippen LogP contribution >= 0.6 is 0 Å². The molecule has 112 valence electrons. The lowest BCUT2D eigenvalue weighted by molar-refractivity contribution is 0.139. The van der Waals surface area contributed by atoms with E-state index in [1.165, 1.54) is 24.1 Å². The van der Waals surface area contributed by atoms with Crippen LogP contribution in [-0.2, 0) is 11.2 Å². The van der Waals surface area contributed by atoms with E-state index in [2.05, 4.69) is 36.1 Å². The topological polar surface area (TPSA) is 38.5 Å². The standard InChI is InChI=1S/C17H28N2O/c1-3-16(18)12-14-4-6-17(7-5-14)19-10-8-15(9-11-19)13-20-2/h4-7,15-16H,3,8-13,18H2,1-2H3. The van der Waals surface area contributed by atoms with E-state index < -0.39 is 0 Å². The number of hydrogen-bond donors (Lipinski definition) is 1. The molecule has 1 aliphatic rings. The number of anilines is 1. The van der Waals surface area contributed by atoms with Gasteiger partial charge in [-0.25, -0.2) is 0 Å². The summed E-state index contributed by atoms with van der Waals surface area (Å²) >= 11 is 0. The van der Waals surface area contributed by atoms with E-state index in [1.807, 2.05) is 0 Å². The van der Waals surface area contributed by atoms with Gasteiger partial charge in [0.05, 0.1) is 0 Å². The Kier molecular flexibility index (Phi) is 5.86. The van der Waals surface area contributed by atoms with Crippen molar-refractivity contribution in [2.45, 2.75) is 38.6 Å². The normalized spacial score (nSPS) is 18.2. The van der Waals surface area contributed by atoms with Gasteiger partial charge in [0.1, 0.15) is 0 Å². The molecule has 1 heterocycles. The van der Waals surface area contributed by atoms with Crippen molar-refractivity contribution in [3.05, 3.63) is 29.8 Å². The number of ether oxygens (including phenoxy) is 1. The minimum absolute atomic E-state index is 0.283. The molecule has 1 atom stereocenters. The van der Waals surface area contributed by atoms with E-state index in [1.54, 1.807) is 7.11 Å². The maximum Gasteiger partial charge on any atom is 0.0491 e. The molecule has 1 aromatic rings. The van der Waals surface area contributed by atoms with Crippen LogP contribution in [0.15, 0.2) is 24.3 Å². The van der Waals surface area contributed by atoms with E-state index in [9.17, 15) is 0 Å². The number of rotatable bonds is 6. The summed E-state index contributed by atoms with van der Waals surface area (Å²) in [7, 11) is 1.80. The Bertz CT molecular complexity index is 382. The van der Waals surface area contributed by atoms with Crippen molar-refractivity contribution < 1.29 is 4.74 Å². The fourth-order valence-corrected chi connectivity index (χ4v) is 2.88. The molecular formula is C17H28N2O. The molecule has 0 radical (unpaired) electrons. The Labute approximate surface area is 123 Å². The zero-order valence-corrected chi connectivity index (χ0v) is 12.8. The van der Waals surface area contributed by atoms with Gasteiger partial charge in [0.25, 0.3) is 0 Å². The average Bonchev–Trinajstić information content (AvgIpc) is 2.49. The number of benzene rings is 1. The third-order valence-electron chi connectivity index (χ3n) is 4.34. The summed E-state index contributed by atoms with van der Waals surface area (Å²) in [6.07, 6.45) is 4.48. The first-order chi connectivity index (χ1) is 9.72. The maximum absolute atomic E-state index is 6.01. The summed E-state index contributed by atoms with van der Waals surface area (Å²) in [5.74, 6) is 0.734. The van der Waals surface area contributed by atoms with Crippen LogP contribution in [0.1, 0.15) is 31.7 Å². The SMILES string of the molecule is CCC(N)Cc1ccc(N2CCC(COC)CC2)cc1. The molecule has 0 saturated carbocycles. The summed E-state index contributed by atoms with van der Waals surface area (Å²) in [6.45, 7) is 5.33. The molecule has 3 nitrogen and oxygen atoms in total. The van der Waals surface area contributed by atoms with Crippen LogP contribution < -0.4 is 10.6 Å². The van der Waals surface area contributed by atoms with Crippen LogP contribution in [0.25, 0.3) is 0 Å². The zero-order chi connectivity index (χ0) is 14.4. The Morgan fingerprint density at radius 3 is 2.45 bits per heavy atom. The molecule has 20 heavy (non-hydrogen) atoms. The lowest BCUT2D eigenvalue weighted by atomic mass is 9.97. The smallest absolute Gasteiger partial charge is 0.0491 e. The quantitative estimate of drug-likeness (QED) is 0.868.